The predicted molar refractivity (Wildman–Crippen MR) is 111 cm³/mol. The Labute approximate surface area is 177 Å². The molecule has 3 aliphatic rings. The third-order valence-electron chi connectivity index (χ3n) is 6.86. The highest BCUT2D eigenvalue weighted by molar-refractivity contribution is 7.89. The monoisotopic (exact) mass is 429 g/mol. The maximum Gasteiger partial charge on any atom is 0.327 e. The van der Waals surface area contributed by atoms with Crippen LogP contribution in [0.5, 0.6) is 0 Å². The summed E-state index contributed by atoms with van der Waals surface area (Å²) in [6.07, 6.45) is 7.07. The lowest BCUT2D eigenvalue weighted by Gasteiger charge is -2.56. The standard InChI is InChI=1S/C22H27N3O4S/c23-14-16-6-1-2-10-20(16)30(28,29)25-15-17-7-4-12-24-13-5-8-18(22(17)24)19(25)9-3-11-21(26)27/h1-3,6,10-11,17-19,22H,4-5,7-9,12-13,15H2,(H,26,27)/b11-3+/t17-,18+,19+,22-/m0/s1. The number of hydrogen-bond donors (Lipinski definition) is 1. The number of nitrogens with zero attached hydrogens (tertiary/aromatic N) is 3. The minimum atomic E-state index is -3.88. The van der Waals surface area contributed by atoms with Crippen LogP contribution in [0.1, 0.15) is 37.7 Å². The number of aliphatic carboxylic acids is 1. The van der Waals surface area contributed by atoms with Crippen molar-refractivity contribution in [2.75, 3.05) is 19.6 Å². The van der Waals surface area contributed by atoms with Crippen molar-refractivity contribution < 1.29 is 18.3 Å². The SMILES string of the molecule is N#Cc1ccccc1S(=O)(=O)N1C[C@@H]2CCCN3CCC[C@@H]([C@H]23)[C@H]1C/C=C/C(=O)O. The molecule has 7 nitrogen and oxygen atoms in total. The fourth-order valence-electron chi connectivity index (χ4n) is 5.74. The third-order valence-corrected chi connectivity index (χ3v) is 8.81. The molecule has 4 atom stereocenters. The van der Waals surface area contributed by atoms with Gasteiger partial charge in [-0.3, -0.25) is 4.90 Å². The number of carbonyl (C=O) groups is 1. The summed E-state index contributed by atoms with van der Waals surface area (Å²) >= 11 is 0. The van der Waals surface area contributed by atoms with E-state index in [9.17, 15) is 18.5 Å². The van der Waals surface area contributed by atoms with Crippen molar-refractivity contribution >= 4 is 16.0 Å². The molecule has 0 aromatic heterocycles. The van der Waals surface area contributed by atoms with Crippen molar-refractivity contribution in [3.63, 3.8) is 0 Å². The van der Waals surface area contributed by atoms with Crippen LogP contribution in [-0.2, 0) is 14.8 Å². The van der Waals surface area contributed by atoms with Gasteiger partial charge >= 0.3 is 5.97 Å². The fraction of sp³-hybridized carbons (Fsp3) is 0.545. The molecular weight excluding hydrogens is 402 g/mol. The Hall–Kier alpha value is -2.21. The van der Waals surface area contributed by atoms with Crippen molar-refractivity contribution in [1.29, 1.82) is 5.26 Å². The molecule has 0 saturated carbocycles. The molecule has 3 saturated heterocycles. The summed E-state index contributed by atoms with van der Waals surface area (Å²) in [7, 11) is -3.88. The van der Waals surface area contributed by atoms with Crippen LogP contribution >= 0.6 is 0 Å². The largest absolute Gasteiger partial charge is 0.478 e. The molecular formula is C22H27N3O4S. The van der Waals surface area contributed by atoms with Crippen LogP contribution in [0.4, 0.5) is 0 Å². The van der Waals surface area contributed by atoms with E-state index in [1.165, 1.54) is 12.1 Å². The van der Waals surface area contributed by atoms with Crippen LogP contribution in [0.3, 0.4) is 0 Å². The molecule has 0 aliphatic carbocycles. The molecule has 0 bridgehead atoms. The Morgan fingerprint density at radius 1 is 1.23 bits per heavy atom. The molecule has 3 heterocycles. The van der Waals surface area contributed by atoms with Crippen LogP contribution in [-0.4, -0.2) is 60.4 Å². The van der Waals surface area contributed by atoms with E-state index in [1.54, 1.807) is 22.5 Å². The van der Waals surface area contributed by atoms with Gasteiger partial charge in [-0.1, -0.05) is 18.2 Å². The van der Waals surface area contributed by atoms with Gasteiger partial charge in [-0.05, 0) is 69.2 Å². The molecule has 4 rings (SSSR count). The minimum absolute atomic E-state index is 0.0432. The maximum absolute atomic E-state index is 13.7. The Morgan fingerprint density at radius 3 is 2.70 bits per heavy atom. The summed E-state index contributed by atoms with van der Waals surface area (Å²) in [6, 6.07) is 8.39. The number of piperidine rings is 3. The summed E-state index contributed by atoms with van der Waals surface area (Å²) in [5.74, 6) is -0.594. The van der Waals surface area contributed by atoms with Gasteiger partial charge in [0.15, 0.2) is 0 Å². The molecule has 3 aliphatic heterocycles. The topological polar surface area (TPSA) is 102 Å². The van der Waals surface area contributed by atoms with Crippen LogP contribution in [0.15, 0.2) is 41.3 Å². The first-order valence-corrected chi connectivity index (χ1v) is 12.0. The highest BCUT2D eigenvalue weighted by Gasteiger charge is 2.51. The molecule has 0 radical (unpaired) electrons. The first kappa shape index (κ1) is 21.0. The van der Waals surface area contributed by atoms with Gasteiger partial charge in [-0.2, -0.15) is 9.57 Å². The summed E-state index contributed by atoms with van der Waals surface area (Å²) < 4.78 is 29.0. The van der Waals surface area contributed by atoms with E-state index in [0.717, 1.165) is 44.8 Å². The molecule has 0 amide bonds. The lowest BCUT2D eigenvalue weighted by Crippen LogP contribution is -2.65. The summed E-state index contributed by atoms with van der Waals surface area (Å²) in [6.45, 7) is 2.53. The van der Waals surface area contributed by atoms with Crippen molar-refractivity contribution in [2.24, 2.45) is 11.8 Å². The van der Waals surface area contributed by atoms with Gasteiger partial charge < -0.3 is 5.11 Å². The van der Waals surface area contributed by atoms with E-state index >= 15 is 0 Å². The maximum atomic E-state index is 13.7. The highest BCUT2D eigenvalue weighted by Crippen LogP contribution is 2.44. The second-order valence-electron chi connectivity index (χ2n) is 8.46. The average molecular weight is 430 g/mol. The molecule has 8 heteroatoms. The molecule has 160 valence electrons. The predicted octanol–water partition coefficient (Wildman–Crippen LogP) is 2.45. The van der Waals surface area contributed by atoms with Gasteiger partial charge in [0.2, 0.25) is 10.0 Å². The zero-order valence-electron chi connectivity index (χ0n) is 16.9. The van der Waals surface area contributed by atoms with Crippen molar-refractivity contribution in [3.05, 3.63) is 42.0 Å². The minimum Gasteiger partial charge on any atom is -0.478 e. The summed E-state index contributed by atoms with van der Waals surface area (Å²) in [5, 5.41) is 18.5. The van der Waals surface area contributed by atoms with Crippen molar-refractivity contribution in [3.8, 4) is 6.07 Å². The summed E-state index contributed by atoms with van der Waals surface area (Å²) in [4.78, 5) is 13.6. The molecule has 3 fully saturated rings. The smallest absolute Gasteiger partial charge is 0.327 e. The Balaban J connectivity index is 1.75. The van der Waals surface area contributed by atoms with E-state index in [2.05, 4.69) is 4.90 Å². The zero-order valence-corrected chi connectivity index (χ0v) is 17.7. The number of rotatable bonds is 5. The number of carboxylic acids is 1. The average Bonchev–Trinajstić information content (AvgIpc) is 2.75. The van der Waals surface area contributed by atoms with Crippen LogP contribution in [0, 0.1) is 23.2 Å². The number of benzene rings is 1. The van der Waals surface area contributed by atoms with Gasteiger partial charge in [0.05, 0.1) is 10.5 Å². The van der Waals surface area contributed by atoms with Gasteiger partial charge in [-0.25, -0.2) is 13.2 Å². The van der Waals surface area contributed by atoms with E-state index in [4.69, 9.17) is 5.11 Å². The molecule has 1 aromatic carbocycles. The molecule has 1 aromatic rings. The van der Waals surface area contributed by atoms with Gasteiger partial charge in [-0.15, -0.1) is 0 Å². The van der Waals surface area contributed by atoms with E-state index in [-0.39, 0.29) is 28.3 Å². The van der Waals surface area contributed by atoms with E-state index < -0.39 is 16.0 Å². The number of sulfonamides is 1. The number of hydrogen-bond acceptors (Lipinski definition) is 5. The second-order valence-corrected chi connectivity index (χ2v) is 10.3. The lowest BCUT2D eigenvalue weighted by atomic mass is 9.70. The van der Waals surface area contributed by atoms with Gasteiger partial charge in [0, 0.05) is 24.7 Å². The fourth-order valence-corrected chi connectivity index (χ4v) is 7.62. The Kier molecular flexibility index (Phi) is 5.96. The van der Waals surface area contributed by atoms with Crippen molar-refractivity contribution in [1.82, 2.24) is 9.21 Å². The second kappa shape index (κ2) is 8.50. The van der Waals surface area contributed by atoms with Gasteiger partial charge in [0.1, 0.15) is 6.07 Å². The molecule has 0 unspecified atom stereocenters. The molecule has 1 N–H and O–H groups in total. The van der Waals surface area contributed by atoms with E-state index in [1.807, 2.05) is 6.07 Å². The van der Waals surface area contributed by atoms with Crippen LogP contribution in [0.25, 0.3) is 0 Å². The first-order valence-electron chi connectivity index (χ1n) is 10.6. The summed E-state index contributed by atoms with van der Waals surface area (Å²) in [5.41, 5.74) is 0.147. The number of nitriles is 1. The van der Waals surface area contributed by atoms with Crippen LogP contribution < -0.4 is 0 Å². The molecule has 30 heavy (non-hydrogen) atoms. The van der Waals surface area contributed by atoms with Gasteiger partial charge in [0.25, 0.3) is 0 Å². The van der Waals surface area contributed by atoms with E-state index in [0.29, 0.717) is 19.0 Å². The zero-order chi connectivity index (χ0) is 21.3. The Bertz CT molecular complexity index is 982. The highest BCUT2D eigenvalue weighted by atomic mass is 32.2. The van der Waals surface area contributed by atoms with Crippen molar-refractivity contribution in [2.45, 2.75) is 49.1 Å². The lowest BCUT2D eigenvalue weighted by molar-refractivity contribution is -0.131. The first-order chi connectivity index (χ1) is 14.4. The Morgan fingerprint density at radius 2 is 1.97 bits per heavy atom. The quantitative estimate of drug-likeness (QED) is 0.722. The normalized spacial score (nSPS) is 30.0. The number of carboxylic acid groups (broad SMARTS) is 1. The van der Waals surface area contributed by atoms with Crippen LogP contribution in [0.2, 0.25) is 0 Å². The molecule has 0 spiro atoms. The third kappa shape index (κ3) is 3.78.